The molecule has 3 rings (SSSR count). The molecule has 116 valence electrons. The first-order chi connectivity index (χ1) is 11.0. The molecular weight excluding hydrogens is 300 g/mol. The Labute approximate surface area is 130 Å². The lowest BCUT2D eigenvalue weighted by atomic mass is 10.2. The maximum absolute atomic E-state index is 11.8. The van der Waals surface area contributed by atoms with E-state index in [9.17, 15) is 14.7 Å². The SMILES string of the molecule is NC(=O)c1cc2nc(COC(=O)c3ccccc3)oc2cc1O. The zero-order valence-electron chi connectivity index (χ0n) is 11.9. The first-order valence-electron chi connectivity index (χ1n) is 6.69. The minimum Gasteiger partial charge on any atom is -0.507 e. The van der Waals surface area contributed by atoms with Crippen LogP contribution in [0, 0.1) is 0 Å². The monoisotopic (exact) mass is 312 g/mol. The largest absolute Gasteiger partial charge is 0.507 e. The van der Waals surface area contributed by atoms with Gasteiger partial charge in [0.1, 0.15) is 11.3 Å². The highest BCUT2D eigenvalue weighted by Crippen LogP contribution is 2.25. The molecule has 0 aliphatic heterocycles. The molecule has 0 radical (unpaired) electrons. The van der Waals surface area contributed by atoms with Gasteiger partial charge in [0.2, 0.25) is 5.89 Å². The number of phenols is 1. The number of carbonyl (C=O) groups is 2. The van der Waals surface area contributed by atoms with Crippen molar-refractivity contribution in [3.63, 3.8) is 0 Å². The molecular formula is C16H12N2O5. The van der Waals surface area contributed by atoms with Crippen LogP contribution < -0.4 is 5.73 Å². The molecule has 0 saturated carbocycles. The number of aromatic hydroxyl groups is 1. The van der Waals surface area contributed by atoms with Crippen LogP contribution >= 0.6 is 0 Å². The standard InChI is InChI=1S/C16H12N2O5/c17-15(20)10-6-11-13(7-12(10)19)23-14(18-11)8-22-16(21)9-4-2-1-3-5-9/h1-7,19H,8H2,(H2,17,20). The zero-order valence-corrected chi connectivity index (χ0v) is 11.9. The van der Waals surface area contributed by atoms with E-state index in [-0.39, 0.29) is 29.4 Å². The molecule has 1 amide bonds. The van der Waals surface area contributed by atoms with Gasteiger partial charge in [-0.3, -0.25) is 4.79 Å². The topological polar surface area (TPSA) is 116 Å². The predicted octanol–water partition coefficient (Wildman–Crippen LogP) is 1.99. The van der Waals surface area contributed by atoms with Crippen LogP contribution in [0.1, 0.15) is 26.6 Å². The minimum absolute atomic E-state index is 0.0568. The number of carbonyl (C=O) groups excluding carboxylic acids is 2. The van der Waals surface area contributed by atoms with Crippen molar-refractivity contribution in [2.24, 2.45) is 5.73 Å². The summed E-state index contributed by atoms with van der Waals surface area (Å²) in [7, 11) is 0. The summed E-state index contributed by atoms with van der Waals surface area (Å²) < 4.78 is 10.5. The molecule has 0 unspecified atom stereocenters. The summed E-state index contributed by atoms with van der Waals surface area (Å²) in [4.78, 5) is 27.1. The minimum atomic E-state index is -0.774. The normalized spacial score (nSPS) is 10.6. The highest BCUT2D eigenvalue weighted by Gasteiger charge is 2.15. The number of oxazole rings is 1. The number of esters is 1. The van der Waals surface area contributed by atoms with Gasteiger partial charge in [-0.1, -0.05) is 18.2 Å². The highest BCUT2D eigenvalue weighted by molar-refractivity contribution is 5.99. The Morgan fingerprint density at radius 2 is 1.96 bits per heavy atom. The molecule has 23 heavy (non-hydrogen) atoms. The van der Waals surface area contributed by atoms with Crippen LogP contribution in [-0.2, 0) is 11.3 Å². The molecule has 3 aromatic rings. The summed E-state index contributed by atoms with van der Waals surface area (Å²) in [6, 6.07) is 11.1. The molecule has 0 bridgehead atoms. The molecule has 1 aromatic heterocycles. The van der Waals surface area contributed by atoms with Crippen molar-refractivity contribution in [1.29, 1.82) is 0 Å². The quantitative estimate of drug-likeness (QED) is 0.712. The summed E-state index contributed by atoms with van der Waals surface area (Å²) in [6.45, 7) is -0.172. The van der Waals surface area contributed by atoms with Gasteiger partial charge in [0.15, 0.2) is 12.2 Å². The van der Waals surface area contributed by atoms with Crippen molar-refractivity contribution in [3.05, 3.63) is 59.5 Å². The lowest BCUT2D eigenvalue weighted by molar-refractivity contribution is 0.0440. The number of amides is 1. The number of aromatic nitrogens is 1. The lowest BCUT2D eigenvalue weighted by Gasteiger charge is -2.01. The Morgan fingerprint density at radius 1 is 1.22 bits per heavy atom. The number of hydrogen-bond donors (Lipinski definition) is 2. The third-order valence-electron chi connectivity index (χ3n) is 3.15. The summed E-state index contributed by atoms with van der Waals surface area (Å²) in [5.74, 6) is -1.43. The van der Waals surface area contributed by atoms with Crippen molar-refractivity contribution in [2.45, 2.75) is 6.61 Å². The van der Waals surface area contributed by atoms with E-state index in [0.717, 1.165) is 0 Å². The molecule has 1 heterocycles. The smallest absolute Gasteiger partial charge is 0.338 e. The van der Waals surface area contributed by atoms with Gasteiger partial charge in [0.05, 0.1) is 11.1 Å². The summed E-state index contributed by atoms with van der Waals surface area (Å²) in [5.41, 5.74) is 6.10. The molecule has 0 atom stereocenters. The van der Waals surface area contributed by atoms with Crippen molar-refractivity contribution < 1.29 is 23.8 Å². The molecule has 2 aromatic carbocycles. The summed E-state index contributed by atoms with van der Waals surface area (Å²) in [5, 5.41) is 9.68. The average molecular weight is 312 g/mol. The van der Waals surface area contributed by atoms with Crippen LogP contribution in [0.25, 0.3) is 11.1 Å². The van der Waals surface area contributed by atoms with Crippen LogP contribution in [0.4, 0.5) is 0 Å². The summed E-state index contributed by atoms with van der Waals surface area (Å²) >= 11 is 0. The van der Waals surface area contributed by atoms with E-state index in [1.165, 1.54) is 12.1 Å². The number of nitrogens with zero attached hydrogens (tertiary/aromatic N) is 1. The lowest BCUT2D eigenvalue weighted by Crippen LogP contribution is -2.10. The molecule has 0 aliphatic carbocycles. The Kier molecular flexibility index (Phi) is 3.68. The van der Waals surface area contributed by atoms with Crippen molar-refractivity contribution in [3.8, 4) is 5.75 Å². The second kappa shape index (κ2) is 5.80. The maximum Gasteiger partial charge on any atom is 0.338 e. The van der Waals surface area contributed by atoms with Gasteiger partial charge in [0, 0.05) is 6.07 Å². The molecule has 7 heteroatoms. The Morgan fingerprint density at radius 3 is 2.65 bits per heavy atom. The number of ether oxygens (including phenoxy) is 1. The number of rotatable bonds is 4. The van der Waals surface area contributed by atoms with E-state index in [1.54, 1.807) is 30.3 Å². The van der Waals surface area contributed by atoms with Gasteiger partial charge >= 0.3 is 5.97 Å². The Bertz CT molecular complexity index is 886. The molecule has 0 fully saturated rings. The highest BCUT2D eigenvalue weighted by atomic mass is 16.5. The second-order valence-electron chi connectivity index (χ2n) is 4.75. The summed E-state index contributed by atoms with van der Waals surface area (Å²) in [6.07, 6.45) is 0. The fourth-order valence-electron chi connectivity index (χ4n) is 2.05. The predicted molar refractivity (Wildman–Crippen MR) is 79.8 cm³/mol. The van der Waals surface area contributed by atoms with E-state index in [1.807, 2.05) is 0 Å². The van der Waals surface area contributed by atoms with Crippen LogP contribution in [-0.4, -0.2) is 22.0 Å². The first kappa shape index (κ1) is 14.6. The van der Waals surface area contributed by atoms with Crippen molar-refractivity contribution >= 4 is 23.0 Å². The Balaban J connectivity index is 1.79. The fourth-order valence-corrected chi connectivity index (χ4v) is 2.05. The van der Waals surface area contributed by atoms with E-state index < -0.39 is 11.9 Å². The zero-order chi connectivity index (χ0) is 16.4. The van der Waals surface area contributed by atoms with Gasteiger partial charge in [-0.25, -0.2) is 9.78 Å². The van der Waals surface area contributed by atoms with E-state index in [2.05, 4.69) is 4.98 Å². The number of hydrogen-bond acceptors (Lipinski definition) is 6. The third-order valence-corrected chi connectivity index (χ3v) is 3.15. The number of nitrogens with two attached hydrogens (primary N) is 1. The van der Waals surface area contributed by atoms with Gasteiger partial charge < -0.3 is 20.0 Å². The average Bonchev–Trinajstić information content (AvgIpc) is 2.94. The molecule has 7 nitrogen and oxygen atoms in total. The van der Waals surface area contributed by atoms with Gasteiger partial charge in [-0.05, 0) is 18.2 Å². The van der Waals surface area contributed by atoms with Crippen molar-refractivity contribution in [1.82, 2.24) is 4.98 Å². The van der Waals surface area contributed by atoms with Crippen LogP contribution in [0.3, 0.4) is 0 Å². The van der Waals surface area contributed by atoms with Crippen molar-refractivity contribution in [2.75, 3.05) is 0 Å². The maximum atomic E-state index is 11.8. The molecule has 0 aliphatic rings. The van der Waals surface area contributed by atoms with E-state index >= 15 is 0 Å². The van der Waals surface area contributed by atoms with E-state index in [4.69, 9.17) is 14.9 Å². The van der Waals surface area contributed by atoms with Crippen LogP contribution in [0.5, 0.6) is 5.75 Å². The van der Waals surface area contributed by atoms with E-state index in [0.29, 0.717) is 11.1 Å². The van der Waals surface area contributed by atoms with Crippen LogP contribution in [0.2, 0.25) is 0 Å². The fraction of sp³-hybridized carbons (Fsp3) is 0.0625. The number of fused-ring (bicyclic) bond motifs is 1. The number of primary amides is 1. The molecule has 0 saturated heterocycles. The van der Waals surface area contributed by atoms with Gasteiger partial charge in [-0.2, -0.15) is 0 Å². The third kappa shape index (κ3) is 2.98. The number of benzene rings is 2. The van der Waals surface area contributed by atoms with Gasteiger partial charge in [-0.15, -0.1) is 0 Å². The van der Waals surface area contributed by atoms with Crippen LogP contribution in [0.15, 0.2) is 46.9 Å². The molecule has 0 spiro atoms. The second-order valence-corrected chi connectivity index (χ2v) is 4.75. The Hall–Kier alpha value is -3.35. The first-order valence-corrected chi connectivity index (χ1v) is 6.69. The molecule has 3 N–H and O–H groups in total. The van der Waals surface area contributed by atoms with Gasteiger partial charge in [0.25, 0.3) is 5.91 Å².